The molecule has 8 nitrogen and oxygen atoms in total. The monoisotopic (exact) mass is 473 g/mol. The number of anilines is 1. The van der Waals surface area contributed by atoms with Gasteiger partial charge in [0.15, 0.2) is 6.10 Å². The normalized spacial score (nSPS) is 11.7. The molecule has 0 saturated carbocycles. The predicted molar refractivity (Wildman–Crippen MR) is 115 cm³/mol. The maximum atomic E-state index is 12.9. The standard InChI is InChI=1S/C21H20BrN3O5/c1-12-18(20(28)25(24(12)3)15-7-5-4-6-8-15)23-19(27)13(2)30-21(29)16-11-14(22)9-10-17(16)26/h4-11,13,26H,1-3H3,(H,23,27). The maximum absolute atomic E-state index is 12.9. The van der Waals surface area contributed by atoms with Crippen molar-refractivity contribution >= 4 is 33.5 Å². The fourth-order valence-corrected chi connectivity index (χ4v) is 3.25. The third-order valence-electron chi connectivity index (χ3n) is 4.63. The highest BCUT2D eigenvalue weighted by Crippen LogP contribution is 2.23. The lowest BCUT2D eigenvalue weighted by Crippen LogP contribution is -2.32. The summed E-state index contributed by atoms with van der Waals surface area (Å²) in [4.78, 5) is 37.8. The zero-order valence-electron chi connectivity index (χ0n) is 16.5. The number of hydrogen-bond acceptors (Lipinski definition) is 5. The third-order valence-corrected chi connectivity index (χ3v) is 5.13. The number of ether oxygens (including phenoxy) is 1. The number of hydrogen-bond donors (Lipinski definition) is 2. The van der Waals surface area contributed by atoms with E-state index in [9.17, 15) is 19.5 Å². The van der Waals surface area contributed by atoms with Crippen molar-refractivity contribution in [1.29, 1.82) is 0 Å². The van der Waals surface area contributed by atoms with Gasteiger partial charge in [-0.2, -0.15) is 0 Å². The first-order chi connectivity index (χ1) is 14.2. The Morgan fingerprint density at radius 1 is 1.17 bits per heavy atom. The van der Waals surface area contributed by atoms with E-state index in [4.69, 9.17) is 4.74 Å². The van der Waals surface area contributed by atoms with Crippen molar-refractivity contribution in [2.24, 2.45) is 7.05 Å². The van der Waals surface area contributed by atoms with E-state index in [0.29, 0.717) is 15.9 Å². The molecule has 30 heavy (non-hydrogen) atoms. The first kappa shape index (κ1) is 21.4. The molecule has 3 rings (SSSR count). The van der Waals surface area contributed by atoms with Crippen LogP contribution < -0.4 is 10.9 Å². The second kappa shape index (κ2) is 8.58. The van der Waals surface area contributed by atoms with Gasteiger partial charge in [-0.25, -0.2) is 9.48 Å². The summed E-state index contributed by atoms with van der Waals surface area (Å²) in [6.45, 7) is 3.09. The van der Waals surface area contributed by atoms with Crippen LogP contribution in [0.25, 0.3) is 5.69 Å². The third kappa shape index (κ3) is 4.16. The lowest BCUT2D eigenvalue weighted by Gasteiger charge is -2.13. The molecule has 156 valence electrons. The summed E-state index contributed by atoms with van der Waals surface area (Å²) >= 11 is 3.21. The van der Waals surface area contributed by atoms with E-state index in [-0.39, 0.29) is 17.0 Å². The molecule has 0 bridgehead atoms. The molecule has 1 amide bonds. The average Bonchev–Trinajstić information content (AvgIpc) is 2.93. The second-order valence-electron chi connectivity index (χ2n) is 6.63. The van der Waals surface area contributed by atoms with Crippen LogP contribution in [-0.2, 0) is 16.6 Å². The van der Waals surface area contributed by atoms with Crippen molar-refractivity contribution in [1.82, 2.24) is 9.36 Å². The quantitative estimate of drug-likeness (QED) is 0.554. The summed E-state index contributed by atoms with van der Waals surface area (Å²) in [6, 6.07) is 13.3. The number of para-hydroxylation sites is 1. The number of carbonyl (C=O) groups excluding carboxylic acids is 2. The van der Waals surface area contributed by atoms with E-state index < -0.39 is 23.5 Å². The molecule has 2 aromatic carbocycles. The minimum atomic E-state index is -1.19. The number of nitrogens with one attached hydrogen (secondary N) is 1. The lowest BCUT2D eigenvalue weighted by molar-refractivity contribution is -0.123. The topological polar surface area (TPSA) is 103 Å². The molecule has 3 aromatic rings. The van der Waals surface area contributed by atoms with Crippen molar-refractivity contribution in [3.05, 3.63) is 74.6 Å². The highest BCUT2D eigenvalue weighted by atomic mass is 79.9. The van der Waals surface area contributed by atoms with Gasteiger partial charge in [-0.3, -0.25) is 14.3 Å². The molecule has 1 heterocycles. The summed E-state index contributed by atoms with van der Waals surface area (Å²) < 4.78 is 8.80. The molecule has 0 radical (unpaired) electrons. The van der Waals surface area contributed by atoms with Gasteiger partial charge in [0.1, 0.15) is 17.0 Å². The van der Waals surface area contributed by atoms with Gasteiger partial charge < -0.3 is 15.2 Å². The maximum Gasteiger partial charge on any atom is 0.342 e. The molecule has 1 aromatic heterocycles. The number of rotatable bonds is 5. The fraction of sp³-hybridized carbons (Fsp3) is 0.190. The number of carbonyl (C=O) groups is 2. The Morgan fingerprint density at radius 3 is 2.50 bits per heavy atom. The first-order valence-corrected chi connectivity index (χ1v) is 9.84. The van der Waals surface area contributed by atoms with Crippen LogP contribution in [0.4, 0.5) is 5.69 Å². The van der Waals surface area contributed by atoms with Crippen LogP contribution in [0, 0.1) is 6.92 Å². The molecule has 0 spiro atoms. The second-order valence-corrected chi connectivity index (χ2v) is 7.55. The van der Waals surface area contributed by atoms with Crippen molar-refractivity contribution in [3.63, 3.8) is 0 Å². The van der Waals surface area contributed by atoms with Crippen LogP contribution in [0.1, 0.15) is 23.0 Å². The van der Waals surface area contributed by atoms with Crippen molar-refractivity contribution in [3.8, 4) is 11.4 Å². The van der Waals surface area contributed by atoms with Crippen molar-refractivity contribution < 1.29 is 19.4 Å². The molecule has 0 fully saturated rings. The Morgan fingerprint density at radius 2 is 1.83 bits per heavy atom. The Labute approximate surface area is 180 Å². The number of halogens is 1. The van der Waals surface area contributed by atoms with Gasteiger partial charge in [0, 0.05) is 11.5 Å². The van der Waals surface area contributed by atoms with Gasteiger partial charge in [-0.15, -0.1) is 0 Å². The summed E-state index contributed by atoms with van der Waals surface area (Å²) in [5, 5.41) is 12.4. The summed E-state index contributed by atoms with van der Waals surface area (Å²) in [7, 11) is 1.71. The molecule has 9 heteroatoms. The minimum Gasteiger partial charge on any atom is -0.507 e. The Hall–Kier alpha value is -3.33. The molecule has 0 aliphatic heterocycles. The van der Waals surface area contributed by atoms with Crippen LogP contribution in [-0.4, -0.2) is 32.5 Å². The van der Waals surface area contributed by atoms with E-state index in [1.807, 2.05) is 6.07 Å². The van der Waals surface area contributed by atoms with E-state index in [2.05, 4.69) is 21.2 Å². The van der Waals surface area contributed by atoms with E-state index in [1.54, 1.807) is 49.0 Å². The largest absolute Gasteiger partial charge is 0.507 e. The highest BCUT2D eigenvalue weighted by Gasteiger charge is 2.24. The van der Waals surface area contributed by atoms with Gasteiger partial charge in [-0.05, 0) is 44.2 Å². The molecule has 0 aliphatic carbocycles. The zero-order chi connectivity index (χ0) is 22.0. The number of esters is 1. The molecule has 2 N–H and O–H groups in total. The number of phenols is 1. The molecular weight excluding hydrogens is 454 g/mol. The Bertz CT molecular complexity index is 1170. The van der Waals surface area contributed by atoms with E-state index >= 15 is 0 Å². The van der Waals surface area contributed by atoms with Gasteiger partial charge in [0.05, 0.1) is 11.4 Å². The number of benzene rings is 2. The summed E-state index contributed by atoms with van der Waals surface area (Å²) in [5.41, 5.74) is 0.808. The van der Waals surface area contributed by atoms with Crippen LogP contribution in [0.5, 0.6) is 5.75 Å². The number of amides is 1. The van der Waals surface area contributed by atoms with Gasteiger partial charge in [0.2, 0.25) is 0 Å². The summed E-state index contributed by atoms with van der Waals surface area (Å²) in [5.74, 6) is -1.78. The lowest BCUT2D eigenvalue weighted by atomic mass is 10.2. The molecule has 0 saturated heterocycles. The predicted octanol–water partition coefficient (Wildman–Crippen LogP) is 3.14. The average molecular weight is 474 g/mol. The molecule has 1 atom stereocenters. The minimum absolute atomic E-state index is 0.0775. The number of aromatic hydroxyl groups is 1. The zero-order valence-corrected chi connectivity index (χ0v) is 18.1. The fourth-order valence-electron chi connectivity index (χ4n) is 2.89. The number of phenolic OH excluding ortho intramolecular Hbond substituents is 1. The van der Waals surface area contributed by atoms with Gasteiger partial charge in [0.25, 0.3) is 11.5 Å². The van der Waals surface area contributed by atoms with Crippen molar-refractivity contribution in [2.45, 2.75) is 20.0 Å². The van der Waals surface area contributed by atoms with Gasteiger partial charge >= 0.3 is 5.97 Å². The number of nitrogens with zero attached hydrogens (tertiary/aromatic N) is 2. The molecule has 1 unspecified atom stereocenters. The number of aromatic nitrogens is 2. The van der Waals surface area contributed by atoms with Crippen LogP contribution in [0.3, 0.4) is 0 Å². The highest BCUT2D eigenvalue weighted by molar-refractivity contribution is 9.10. The first-order valence-electron chi connectivity index (χ1n) is 9.05. The van der Waals surface area contributed by atoms with Gasteiger partial charge in [-0.1, -0.05) is 34.1 Å². The molecule has 0 aliphatic rings. The molecular formula is C21H20BrN3O5. The van der Waals surface area contributed by atoms with E-state index in [0.717, 1.165) is 0 Å². The Kier molecular flexibility index (Phi) is 6.12. The Balaban J connectivity index is 1.80. The summed E-state index contributed by atoms with van der Waals surface area (Å²) in [6.07, 6.45) is -1.19. The van der Waals surface area contributed by atoms with Crippen molar-refractivity contribution in [2.75, 3.05) is 5.32 Å². The SMILES string of the molecule is Cc1c(NC(=O)C(C)OC(=O)c2cc(Br)ccc2O)c(=O)n(-c2ccccc2)n1C. The van der Waals surface area contributed by atoms with Crippen LogP contribution in [0.2, 0.25) is 0 Å². The van der Waals surface area contributed by atoms with Crippen LogP contribution in [0.15, 0.2) is 57.8 Å². The smallest absolute Gasteiger partial charge is 0.342 e. The van der Waals surface area contributed by atoms with Crippen LogP contribution >= 0.6 is 15.9 Å². The van der Waals surface area contributed by atoms with E-state index in [1.165, 1.54) is 23.7 Å².